The Balaban J connectivity index is 0. The Morgan fingerprint density at radius 3 is 1.25 bits per heavy atom. The van der Waals surface area contributed by atoms with Gasteiger partial charge in [0.2, 0.25) is 0 Å². The van der Waals surface area contributed by atoms with Gasteiger partial charge in [0.05, 0.1) is 0 Å². The predicted octanol–water partition coefficient (Wildman–Crippen LogP) is -0.0535. The molecule has 0 fully saturated rings. The van der Waals surface area contributed by atoms with Gasteiger partial charge in [-0.15, -0.1) is 0 Å². The molecule has 0 heterocycles. The van der Waals surface area contributed by atoms with Crippen LogP contribution in [0.25, 0.3) is 0 Å². The minimum atomic E-state index is 0. The van der Waals surface area contributed by atoms with E-state index < -0.39 is 0 Å². The van der Waals surface area contributed by atoms with Crippen molar-refractivity contribution >= 4 is 0 Å². The summed E-state index contributed by atoms with van der Waals surface area (Å²) < 4.78 is 0. The second kappa shape index (κ2) is 9.71. The molecule has 0 aliphatic heterocycles. The average Bonchev–Trinajstić information content (AvgIpc) is 0.918. The minimum Gasteiger partial charge on any atom is -0.221 e. The molecule has 0 unspecified atom stereocenters. The Morgan fingerprint density at radius 2 is 1.25 bits per heavy atom. The van der Waals surface area contributed by atoms with Gasteiger partial charge in [-0.25, -0.2) is 10.5 Å². The summed E-state index contributed by atoms with van der Waals surface area (Å²) in [6.45, 7) is 0. The van der Waals surface area contributed by atoms with Crippen LogP contribution in [0.5, 0.6) is 0 Å². The Labute approximate surface area is 35.8 Å². The van der Waals surface area contributed by atoms with Gasteiger partial charge in [0.15, 0.2) is 0 Å². The van der Waals surface area contributed by atoms with Crippen molar-refractivity contribution in [2.75, 3.05) is 0 Å². The van der Waals surface area contributed by atoms with E-state index in [0.717, 1.165) is 0 Å². The Morgan fingerprint density at radius 1 is 1.25 bits per heavy atom. The number of hydrogen-bond donors (Lipinski definition) is 2. The number of hydrogen-bond acceptors (Lipinski definition) is 3. The summed E-state index contributed by atoms with van der Waals surface area (Å²) >= 11 is 0. The predicted molar refractivity (Wildman–Crippen MR) is 6.34 cm³/mol. The van der Waals surface area contributed by atoms with Crippen molar-refractivity contribution in [3.05, 3.63) is 0 Å². The molecule has 2 N–H and O–H groups in total. The zero-order valence-corrected chi connectivity index (χ0v) is 3.39. The van der Waals surface area contributed by atoms with Crippen LogP contribution < -0.4 is 0 Å². The van der Waals surface area contributed by atoms with Gasteiger partial charge in [-0.3, -0.25) is 0 Å². The van der Waals surface area contributed by atoms with Gasteiger partial charge in [-0.1, -0.05) is 5.04 Å². The molecule has 0 spiro atoms. The molecule has 0 saturated carbocycles. The summed E-state index contributed by atoms with van der Waals surface area (Å²) in [7, 11) is 0. The van der Waals surface area contributed by atoms with Crippen LogP contribution >= 0.6 is 0 Å². The van der Waals surface area contributed by atoms with Gasteiger partial charge in [-0.2, -0.15) is 0 Å². The maximum atomic E-state index is 6.62. The third-order valence-electron chi connectivity index (χ3n) is 0. The molecule has 0 rings (SSSR count). The number of rotatable bonds is 0. The normalized spacial score (nSPS) is 4.50. The van der Waals surface area contributed by atoms with Crippen molar-refractivity contribution in [1.29, 1.82) is 0 Å². The van der Waals surface area contributed by atoms with E-state index in [4.69, 9.17) is 10.5 Å². The molecule has 28 valence electrons. The molecule has 0 bridgehead atoms. The summed E-state index contributed by atoms with van der Waals surface area (Å²) in [5.41, 5.74) is 0. The van der Waals surface area contributed by atoms with Crippen LogP contribution in [0.4, 0.5) is 0 Å². The van der Waals surface area contributed by atoms with Crippen LogP contribution in [0.3, 0.4) is 0 Å². The van der Waals surface area contributed by atoms with Crippen molar-refractivity contribution < 1.29 is 35.0 Å². The fourth-order valence-electron chi connectivity index (χ4n) is 0. The Bertz CT molecular complexity index is 3.25. The first-order valence-corrected chi connectivity index (χ1v) is 0.365. The van der Waals surface area contributed by atoms with Gasteiger partial charge in [0, 0.05) is 19.5 Å². The van der Waals surface area contributed by atoms with E-state index >= 15 is 0 Å². The molecule has 0 saturated heterocycles. The first-order chi connectivity index (χ1) is 1.41. The van der Waals surface area contributed by atoms with Gasteiger partial charge >= 0.3 is 0 Å². The van der Waals surface area contributed by atoms with E-state index in [1.165, 1.54) is 0 Å². The van der Waals surface area contributed by atoms with E-state index in [2.05, 4.69) is 5.04 Å². The SMILES string of the molecule is OOO.[Ru]. The van der Waals surface area contributed by atoms with Crippen molar-refractivity contribution in [1.82, 2.24) is 0 Å². The average molecular weight is 151 g/mol. The second-order valence-corrected chi connectivity index (χ2v) is 0.0816. The van der Waals surface area contributed by atoms with Crippen LogP contribution in [-0.2, 0) is 24.5 Å². The molecule has 3 nitrogen and oxygen atoms in total. The summed E-state index contributed by atoms with van der Waals surface area (Å²) in [6, 6.07) is 0. The van der Waals surface area contributed by atoms with E-state index in [-0.39, 0.29) is 19.5 Å². The Hall–Kier alpha value is 0.503. The van der Waals surface area contributed by atoms with Gasteiger partial charge in [0.25, 0.3) is 0 Å². The van der Waals surface area contributed by atoms with Crippen LogP contribution in [0.2, 0.25) is 0 Å². The molecule has 0 aromatic heterocycles. The summed E-state index contributed by atoms with van der Waals surface area (Å²) in [6.07, 6.45) is 0. The van der Waals surface area contributed by atoms with E-state index in [1.807, 2.05) is 0 Å². The maximum absolute atomic E-state index is 6.62. The standard InChI is InChI=1S/H2O3.Ru/c1-3-2;/h1-2H;. The molecule has 0 aromatic carbocycles. The second-order valence-electron chi connectivity index (χ2n) is 0.0816. The third-order valence-corrected chi connectivity index (χ3v) is 0. The molecule has 4 heteroatoms. The van der Waals surface area contributed by atoms with Gasteiger partial charge in [-0.05, 0) is 0 Å². The molecular formula is H2O3Ru. The van der Waals surface area contributed by atoms with Crippen LogP contribution in [0.1, 0.15) is 0 Å². The summed E-state index contributed by atoms with van der Waals surface area (Å²) in [5, 5.41) is 15.5. The zero-order chi connectivity index (χ0) is 2.71. The first-order valence-electron chi connectivity index (χ1n) is 0.365. The first kappa shape index (κ1) is 8.82. The maximum Gasteiger partial charge on any atom is 0 e. The molecule has 0 amide bonds. The molecule has 4 heavy (non-hydrogen) atoms. The van der Waals surface area contributed by atoms with Crippen molar-refractivity contribution in [2.24, 2.45) is 0 Å². The van der Waals surface area contributed by atoms with Crippen LogP contribution in [0.15, 0.2) is 0 Å². The van der Waals surface area contributed by atoms with E-state index in [1.54, 1.807) is 0 Å². The smallest absolute Gasteiger partial charge is 0 e. The minimum absolute atomic E-state index is 0. The molecule has 0 radical (unpaired) electrons. The zero-order valence-electron chi connectivity index (χ0n) is 1.66. The fourth-order valence-corrected chi connectivity index (χ4v) is 0. The molecule has 0 aromatic rings. The molecule has 0 aliphatic rings. The molecule has 0 aliphatic carbocycles. The Kier molecular flexibility index (Phi) is 21.4. The van der Waals surface area contributed by atoms with Gasteiger partial charge in [0.1, 0.15) is 0 Å². The molecule has 0 atom stereocenters. The van der Waals surface area contributed by atoms with E-state index in [9.17, 15) is 0 Å². The van der Waals surface area contributed by atoms with Gasteiger partial charge < -0.3 is 0 Å². The third kappa shape index (κ3) is 22.3. The van der Waals surface area contributed by atoms with E-state index in [0.29, 0.717) is 0 Å². The van der Waals surface area contributed by atoms with Crippen molar-refractivity contribution in [3.63, 3.8) is 0 Å². The van der Waals surface area contributed by atoms with Crippen LogP contribution in [0, 0.1) is 0 Å². The summed E-state index contributed by atoms with van der Waals surface area (Å²) in [4.78, 5) is 0. The van der Waals surface area contributed by atoms with Crippen molar-refractivity contribution in [2.45, 2.75) is 0 Å². The summed E-state index contributed by atoms with van der Waals surface area (Å²) in [5.74, 6) is 0. The monoisotopic (exact) mass is 152 g/mol. The van der Waals surface area contributed by atoms with Crippen LogP contribution in [-0.4, -0.2) is 10.5 Å². The largest absolute Gasteiger partial charge is 0.221 e. The van der Waals surface area contributed by atoms with Crippen molar-refractivity contribution in [3.8, 4) is 0 Å². The fraction of sp³-hybridized carbons (Fsp3) is 0. The topological polar surface area (TPSA) is 49.7 Å². The molecular weight excluding hydrogens is 149 g/mol. The quantitative estimate of drug-likeness (QED) is 0.290.